The number of aliphatic hydroxyl groups is 1. The molecule has 0 spiro atoms. The van der Waals surface area contributed by atoms with Crippen LogP contribution in [0.5, 0.6) is 0 Å². The standard InChI is InChI=1S/C16H24BrNO/c1-2-10-18(12-13-3-4-13)11-9-16(19)14-5-7-15(17)8-6-14/h5-8,13,16,19H,2-4,9-12H2,1H3. The quantitative estimate of drug-likeness (QED) is 0.781. The van der Waals surface area contributed by atoms with Crippen LogP contribution >= 0.6 is 15.9 Å². The van der Waals surface area contributed by atoms with E-state index >= 15 is 0 Å². The molecular formula is C16H24BrNO. The smallest absolute Gasteiger partial charge is 0.0802 e. The first-order valence-electron chi connectivity index (χ1n) is 7.35. The number of nitrogens with zero attached hydrogens (tertiary/aromatic N) is 1. The second-order valence-corrected chi connectivity index (χ2v) is 6.52. The number of hydrogen-bond donors (Lipinski definition) is 1. The SMILES string of the molecule is CCCN(CCC(O)c1ccc(Br)cc1)CC1CC1. The summed E-state index contributed by atoms with van der Waals surface area (Å²) in [6.45, 7) is 5.61. The van der Waals surface area contributed by atoms with Crippen LogP contribution in [0.15, 0.2) is 28.7 Å². The Kier molecular flexibility index (Phi) is 5.86. The first kappa shape index (κ1) is 15.0. The molecule has 0 radical (unpaired) electrons. The van der Waals surface area contributed by atoms with Gasteiger partial charge in [-0.25, -0.2) is 0 Å². The minimum absolute atomic E-state index is 0.341. The Balaban J connectivity index is 1.79. The number of benzene rings is 1. The summed E-state index contributed by atoms with van der Waals surface area (Å²) in [5.41, 5.74) is 1.02. The van der Waals surface area contributed by atoms with Gasteiger partial charge in [-0.15, -0.1) is 0 Å². The molecule has 1 fully saturated rings. The topological polar surface area (TPSA) is 23.5 Å². The molecule has 1 N–H and O–H groups in total. The zero-order valence-electron chi connectivity index (χ0n) is 11.7. The molecule has 0 amide bonds. The first-order valence-corrected chi connectivity index (χ1v) is 8.14. The second-order valence-electron chi connectivity index (χ2n) is 5.60. The lowest BCUT2D eigenvalue weighted by Crippen LogP contribution is -2.29. The van der Waals surface area contributed by atoms with Crippen LogP contribution in [0.3, 0.4) is 0 Å². The highest BCUT2D eigenvalue weighted by Crippen LogP contribution is 2.30. The van der Waals surface area contributed by atoms with Gasteiger partial charge in [-0.3, -0.25) is 0 Å². The molecule has 1 aromatic rings. The fraction of sp³-hybridized carbons (Fsp3) is 0.625. The van der Waals surface area contributed by atoms with Crippen molar-refractivity contribution in [3.05, 3.63) is 34.3 Å². The summed E-state index contributed by atoms with van der Waals surface area (Å²) < 4.78 is 1.06. The zero-order chi connectivity index (χ0) is 13.7. The molecule has 0 bridgehead atoms. The average molecular weight is 326 g/mol. The molecule has 1 aliphatic rings. The van der Waals surface area contributed by atoms with Gasteiger partial charge in [-0.1, -0.05) is 35.0 Å². The molecule has 0 aliphatic heterocycles. The molecule has 19 heavy (non-hydrogen) atoms. The lowest BCUT2D eigenvalue weighted by Gasteiger charge is -2.23. The molecule has 2 nitrogen and oxygen atoms in total. The van der Waals surface area contributed by atoms with Crippen LogP contribution in [-0.4, -0.2) is 29.6 Å². The maximum absolute atomic E-state index is 10.2. The Bertz CT molecular complexity index is 375. The maximum atomic E-state index is 10.2. The van der Waals surface area contributed by atoms with Crippen LogP contribution in [0, 0.1) is 5.92 Å². The van der Waals surface area contributed by atoms with Gasteiger partial charge in [0, 0.05) is 17.6 Å². The van der Waals surface area contributed by atoms with Gasteiger partial charge in [-0.05, 0) is 55.8 Å². The fourth-order valence-electron chi connectivity index (χ4n) is 2.43. The summed E-state index contributed by atoms with van der Waals surface area (Å²) in [6, 6.07) is 7.98. The Morgan fingerprint density at radius 1 is 1.26 bits per heavy atom. The summed E-state index contributed by atoms with van der Waals surface area (Å²) in [5.74, 6) is 0.927. The average Bonchev–Trinajstić information content (AvgIpc) is 3.21. The van der Waals surface area contributed by atoms with Gasteiger partial charge in [0.1, 0.15) is 0 Å². The number of hydrogen-bond acceptors (Lipinski definition) is 2. The van der Waals surface area contributed by atoms with Crippen LogP contribution < -0.4 is 0 Å². The van der Waals surface area contributed by atoms with Crippen molar-refractivity contribution in [3.63, 3.8) is 0 Å². The summed E-state index contributed by atoms with van der Waals surface area (Å²) in [4.78, 5) is 2.51. The summed E-state index contributed by atoms with van der Waals surface area (Å²) in [6.07, 6.45) is 4.48. The Labute approximate surface area is 124 Å². The minimum Gasteiger partial charge on any atom is -0.388 e. The predicted octanol–water partition coefficient (Wildman–Crippen LogP) is 3.99. The van der Waals surface area contributed by atoms with Crippen LogP contribution in [0.4, 0.5) is 0 Å². The second kappa shape index (κ2) is 7.41. The zero-order valence-corrected chi connectivity index (χ0v) is 13.3. The van der Waals surface area contributed by atoms with Crippen molar-refractivity contribution in [3.8, 4) is 0 Å². The van der Waals surface area contributed by atoms with E-state index in [1.165, 1.54) is 25.8 Å². The number of aliphatic hydroxyl groups excluding tert-OH is 1. The third kappa shape index (κ3) is 5.25. The van der Waals surface area contributed by atoms with Crippen molar-refractivity contribution < 1.29 is 5.11 Å². The Morgan fingerprint density at radius 3 is 2.53 bits per heavy atom. The van der Waals surface area contributed by atoms with E-state index in [0.717, 1.165) is 35.5 Å². The summed E-state index contributed by atoms with van der Waals surface area (Å²) in [5, 5.41) is 10.2. The van der Waals surface area contributed by atoms with E-state index in [2.05, 4.69) is 27.8 Å². The van der Waals surface area contributed by atoms with E-state index in [4.69, 9.17) is 0 Å². The van der Waals surface area contributed by atoms with Gasteiger partial charge in [0.25, 0.3) is 0 Å². The lowest BCUT2D eigenvalue weighted by atomic mass is 10.1. The van der Waals surface area contributed by atoms with Gasteiger partial charge in [0.15, 0.2) is 0 Å². The van der Waals surface area contributed by atoms with E-state index in [1.807, 2.05) is 24.3 Å². The van der Waals surface area contributed by atoms with Crippen LogP contribution in [-0.2, 0) is 0 Å². The highest BCUT2D eigenvalue weighted by atomic mass is 79.9. The van der Waals surface area contributed by atoms with Gasteiger partial charge in [0.2, 0.25) is 0 Å². The monoisotopic (exact) mass is 325 g/mol. The third-order valence-corrected chi connectivity index (χ3v) is 4.26. The van der Waals surface area contributed by atoms with Crippen molar-refractivity contribution >= 4 is 15.9 Å². The molecule has 1 atom stereocenters. The molecule has 1 unspecified atom stereocenters. The van der Waals surface area contributed by atoms with Gasteiger partial charge in [-0.2, -0.15) is 0 Å². The molecule has 106 valence electrons. The van der Waals surface area contributed by atoms with Crippen molar-refractivity contribution in [2.24, 2.45) is 5.92 Å². The molecule has 0 saturated heterocycles. The van der Waals surface area contributed by atoms with Crippen LogP contribution in [0.25, 0.3) is 0 Å². The molecule has 1 aromatic carbocycles. The van der Waals surface area contributed by atoms with E-state index in [9.17, 15) is 5.11 Å². The van der Waals surface area contributed by atoms with E-state index in [1.54, 1.807) is 0 Å². The minimum atomic E-state index is -0.341. The summed E-state index contributed by atoms with van der Waals surface area (Å²) >= 11 is 3.42. The molecule has 2 rings (SSSR count). The molecule has 3 heteroatoms. The van der Waals surface area contributed by atoms with Gasteiger partial charge in [0.05, 0.1) is 6.10 Å². The highest BCUT2D eigenvalue weighted by molar-refractivity contribution is 9.10. The molecule has 1 aliphatic carbocycles. The van der Waals surface area contributed by atoms with E-state index < -0.39 is 0 Å². The van der Waals surface area contributed by atoms with Crippen molar-refractivity contribution in [2.45, 2.75) is 38.7 Å². The Morgan fingerprint density at radius 2 is 1.95 bits per heavy atom. The van der Waals surface area contributed by atoms with Crippen molar-refractivity contribution in [1.29, 1.82) is 0 Å². The molecule has 0 aromatic heterocycles. The summed E-state index contributed by atoms with van der Waals surface area (Å²) in [7, 11) is 0. The predicted molar refractivity (Wildman–Crippen MR) is 83.2 cm³/mol. The number of rotatable bonds is 8. The molecule has 1 saturated carbocycles. The fourth-order valence-corrected chi connectivity index (χ4v) is 2.70. The largest absolute Gasteiger partial charge is 0.388 e. The van der Waals surface area contributed by atoms with Crippen molar-refractivity contribution in [1.82, 2.24) is 4.90 Å². The van der Waals surface area contributed by atoms with Crippen LogP contribution in [0.1, 0.15) is 44.3 Å². The lowest BCUT2D eigenvalue weighted by molar-refractivity contribution is 0.140. The third-order valence-electron chi connectivity index (χ3n) is 3.73. The number of halogens is 1. The van der Waals surface area contributed by atoms with E-state index in [-0.39, 0.29) is 6.10 Å². The maximum Gasteiger partial charge on any atom is 0.0802 e. The highest BCUT2D eigenvalue weighted by Gasteiger charge is 2.24. The molecular weight excluding hydrogens is 302 g/mol. The van der Waals surface area contributed by atoms with Gasteiger partial charge < -0.3 is 10.0 Å². The van der Waals surface area contributed by atoms with Crippen LogP contribution in [0.2, 0.25) is 0 Å². The van der Waals surface area contributed by atoms with Gasteiger partial charge >= 0.3 is 0 Å². The Hall–Kier alpha value is -0.380. The normalized spacial score (nSPS) is 16.8. The first-order chi connectivity index (χ1) is 9.19. The van der Waals surface area contributed by atoms with E-state index in [0.29, 0.717) is 0 Å². The molecule has 0 heterocycles. The van der Waals surface area contributed by atoms with Crippen molar-refractivity contribution in [2.75, 3.05) is 19.6 Å².